The summed E-state index contributed by atoms with van der Waals surface area (Å²) in [6.45, 7) is 4.84. The predicted octanol–water partition coefficient (Wildman–Crippen LogP) is 1.96. The van der Waals surface area contributed by atoms with Gasteiger partial charge in [-0.1, -0.05) is 23.7 Å². The zero-order valence-corrected chi connectivity index (χ0v) is 14.6. The number of piperazine rings is 1. The minimum Gasteiger partial charge on any atom is -0.396 e. The molecule has 1 aromatic heterocycles. The van der Waals surface area contributed by atoms with Crippen LogP contribution in [0.25, 0.3) is 0 Å². The molecular formula is C16H19ClFN5O2. The van der Waals surface area contributed by atoms with E-state index in [9.17, 15) is 9.18 Å². The number of anilines is 1. The third-order valence-electron chi connectivity index (χ3n) is 4.16. The number of carbonyl (C=O) groups excluding carboxylic acids is 1. The summed E-state index contributed by atoms with van der Waals surface area (Å²) in [4.78, 5) is 20.7. The molecule has 1 aromatic carbocycles. The standard InChI is InChI=1S/C16H19ClFN5O2/c1-2-14-20-13(21-25-14)9-22-3-5-23(6-4-22)16(24)11-7-10(17)8-12(18)15(11)19/h7-8H,2-6,9,19H2,1H3. The molecule has 1 aliphatic rings. The van der Waals surface area contributed by atoms with Crippen molar-refractivity contribution in [1.82, 2.24) is 19.9 Å². The number of amides is 1. The molecule has 25 heavy (non-hydrogen) atoms. The van der Waals surface area contributed by atoms with Gasteiger partial charge in [-0.05, 0) is 12.1 Å². The van der Waals surface area contributed by atoms with Crippen LogP contribution in [0, 0.1) is 5.82 Å². The maximum atomic E-state index is 13.7. The van der Waals surface area contributed by atoms with Crippen LogP contribution in [0.5, 0.6) is 0 Å². The van der Waals surface area contributed by atoms with Gasteiger partial charge in [0.2, 0.25) is 5.89 Å². The van der Waals surface area contributed by atoms with Gasteiger partial charge in [-0.3, -0.25) is 9.69 Å². The fourth-order valence-electron chi connectivity index (χ4n) is 2.74. The highest BCUT2D eigenvalue weighted by atomic mass is 35.5. The maximum absolute atomic E-state index is 13.7. The fourth-order valence-corrected chi connectivity index (χ4v) is 2.94. The van der Waals surface area contributed by atoms with Gasteiger partial charge >= 0.3 is 0 Å². The topological polar surface area (TPSA) is 88.5 Å². The molecule has 3 rings (SSSR count). The van der Waals surface area contributed by atoms with Gasteiger partial charge in [0.15, 0.2) is 5.82 Å². The summed E-state index contributed by atoms with van der Waals surface area (Å²) in [5, 5.41) is 4.08. The molecule has 2 aromatic rings. The molecular weight excluding hydrogens is 349 g/mol. The van der Waals surface area contributed by atoms with Crippen LogP contribution >= 0.6 is 11.6 Å². The Labute approximate surface area is 149 Å². The molecule has 1 fully saturated rings. The lowest BCUT2D eigenvalue weighted by Crippen LogP contribution is -2.48. The average Bonchev–Trinajstić information content (AvgIpc) is 3.06. The third kappa shape index (κ3) is 3.91. The van der Waals surface area contributed by atoms with Gasteiger partial charge in [0.1, 0.15) is 5.82 Å². The van der Waals surface area contributed by atoms with E-state index in [1.165, 1.54) is 6.07 Å². The molecule has 0 spiro atoms. The van der Waals surface area contributed by atoms with Crippen molar-refractivity contribution in [3.05, 3.63) is 40.3 Å². The molecule has 1 saturated heterocycles. The zero-order chi connectivity index (χ0) is 18.0. The molecule has 2 heterocycles. The number of nitrogens with zero attached hydrogens (tertiary/aromatic N) is 4. The van der Waals surface area contributed by atoms with E-state index in [2.05, 4.69) is 15.0 Å². The Morgan fingerprint density at radius 1 is 1.36 bits per heavy atom. The average molecular weight is 368 g/mol. The van der Waals surface area contributed by atoms with Crippen molar-refractivity contribution in [2.45, 2.75) is 19.9 Å². The van der Waals surface area contributed by atoms with E-state index in [1.54, 1.807) is 4.90 Å². The highest BCUT2D eigenvalue weighted by Gasteiger charge is 2.25. The number of rotatable bonds is 4. The Hall–Kier alpha value is -2.19. The number of benzene rings is 1. The summed E-state index contributed by atoms with van der Waals surface area (Å²) in [6.07, 6.45) is 0.701. The van der Waals surface area contributed by atoms with E-state index in [1.807, 2.05) is 6.92 Å². The number of hydrogen-bond acceptors (Lipinski definition) is 6. The minimum atomic E-state index is -0.682. The number of halogens is 2. The maximum Gasteiger partial charge on any atom is 0.256 e. The molecule has 1 aliphatic heterocycles. The Morgan fingerprint density at radius 2 is 2.08 bits per heavy atom. The number of hydrogen-bond donors (Lipinski definition) is 1. The normalized spacial score (nSPS) is 15.6. The van der Waals surface area contributed by atoms with E-state index >= 15 is 0 Å². The summed E-state index contributed by atoms with van der Waals surface area (Å²) in [5.74, 6) is 0.254. The second kappa shape index (κ2) is 7.37. The monoisotopic (exact) mass is 367 g/mol. The first-order valence-corrected chi connectivity index (χ1v) is 8.43. The van der Waals surface area contributed by atoms with Gasteiger partial charge in [0.25, 0.3) is 5.91 Å². The quantitative estimate of drug-likeness (QED) is 0.831. The molecule has 0 radical (unpaired) electrons. The number of nitrogens with two attached hydrogens (primary N) is 1. The predicted molar refractivity (Wildman–Crippen MR) is 90.7 cm³/mol. The van der Waals surface area contributed by atoms with E-state index in [-0.39, 0.29) is 22.2 Å². The van der Waals surface area contributed by atoms with Crippen LogP contribution in [0.3, 0.4) is 0 Å². The minimum absolute atomic E-state index is 0.101. The lowest BCUT2D eigenvalue weighted by Gasteiger charge is -2.34. The van der Waals surface area contributed by atoms with E-state index in [0.717, 1.165) is 6.07 Å². The van der Waals surface area contributed by atoms with Crippen molar-refractivity contribution in [3.63, 3.8) is 0 Å². The van der Waals surface area contributed by atoms with E-state index in [4.69, 9.17) is 21.9 Å². The highest BCUT2D eigenvalue weighted by molar-refractivity contribution is 6.31. The largest absolute Gasteiger partial charge is 0.396 e. The van der Waals surface area contributed by atoms with Crippen LogP contribution in [-0.4, -0.2) is 52.0 Å². The molecule has 0 aliphatic carbocycles. The summed E-state index contributed by atoms with van der Waals surface area (Å²) < 4.78 is 18.8. The second-order valence-corrected chi connectivity index (χ2v) is 6.31. The Kier molecular flexibility index (Phi) is 5.19. The van der Waals surface area contributed by atoms with Crippen LogP contribution in [0.4, 0.5) is 10.1 Å². The Bertz CT molecular complexity index is 774. The van der Waals surface area contributed by atoms with Gasteiger partial charge < -0.3 is 15.2 Å². The fraction of sp³-hybridized carbons (Fsp3) is 0.438. The van der Waals surface area contributed by atoms with Crippen molar-refractivity contribution < 1.29 is 13.7 Å². The lowest BCUT2D eigenvalue weighted by atomic mass is 10.1. The molecule has 0 bridgehead atoms. The first kappa shape index (κ1) is 17.6. The van der Waals surface area contributed by atoms with Crippen LogP contribution in [0.2, 0.25) is 5.02 Å². The van der Waals surface area contributed by atoms with Gasteiger partial charge in [0.05, 0.1) is 17.8 Å². The highest BCUT2D eigenvalue weighted by Crippen LogP contribution is 2.24. The zero-order valence-electron chi connectivity index (χ0n) is 13.8. The van der Waals surface area contributed by atoms with Crippen LogP contribution in [0.1, 0.15) is 29.0 Å². The molecule has 7 nitrogen and oxygen atoms in total. The van der Waals surface area contributed by atoms with Gasteiger partial charge in [-0.25, -0.2) is 4.39 Å². The van der Waals surface area contributed by atoms with Crippen molar-refractivity contribution in [1.29, 1.82) is 0 Å². The van der Waals surface area contributed by atoms with Crippen LogP contribution < -0.4 is 5.73 Å². The van der Waals surface area contributed by atoms with Gasteiger partial charge in [-0.2, -0.15) is 4.98 Å². The molecule has 0 atom stereocenters. The molecule has 1 amide bonds. The number of nitrogen functional groups attached to an aromatic ring is 1. The summed E-state index contributed by atoms with van der Waals surface area (Å²) in [6, 6.07) is 2.50. The third-order valence-corrected chi connectivity index (χ3v) is 4.38. The van der Waals surface area contributed by atoms with Crippen molar-refractivity contribution in [2.75, 3.05) is 31.9 Å². The lowest BCUT2D eigenvalue weighted by molar-refractivity contribution is 0.0625. The van der Waals surface area contributed by atoms with Crippen molar-refractivity contribution in [2.24, 2.45) is 0 Å². The first-order valence-electron chi connectivity index (χ1n) is 8.05. The number of carbonyl (C=O) groups is 1. The number of aromatic nitrogens is 2. The Morgan fingerprint density at radius 3 is 2.72 bits per heavy atom. The Balaban J connectivity index is 1.61. The number of aryl methyl sites for hydroxylation is 1. The van der Waals surface area contributed by atoms with Crippen molar-refractivity contribution >= 4 is 23.2 Å². The molecule has 9 heteroatoms. The summed E-state index contributed by atoms with van der Waals surface area (Å²) >= 11 is 5.84. The van der Waals surface area contributed by atoms with Crippen LogP contribution in [0.15, 0.2) is 16.7 Å². The molecule has 0 saturated carbocycles. The van der Waals surface area contributed by atoms with Crippen molar-refractivity contribution in [3.8, 4) is 0 Å². The van der Waals surface area contributed by atoms with Crippen LogP contribution in [-0.2, 0) is 13.0 Å². The van der Waals surface area contributed by atoms with E-state index < -0.39 is 5.82 Å². The van der Waals surface area contributed by atoms with Gasteiger partial charge in [-0.15, -0.1) is 0 Å². The SMILES string of the molecule is CCc1nc(CN2CCN(C(=O)c3cc(Cl)cc(F)c3N)CC2)no1. The first-order chi connectivity index (χ1) is 12.0. The second-order valence-electron chi connectivity index (χ2n) is 5.88. The summed E-state index contributed by atoms with van der Waals surface area (Å²) in [5.41, 5.74) is 5.62. The smallest absolute Gasteiger partial charge is 0.256 e. The molecule has 2 N–H and O–H groups in total. The van der Waals surface area contributed by atoms with E-state index in [0.29, 0.717) is 50.9 Å². The summed E-state index contributed by atoms with van der Waals surface area (Å²) in [7, 11) is 0. The molecule has 0 unspecified atom stereocenters. The molecule has 134 valence electrons. The van der Waals surface area contributed by atoms with Gasteiger partial charge in [0, 0.05) is 37.6 Å².